The largest absolute Gasteiger partial charge is 0.390 e. The molecule has 0 spiro atoms. The number of hydrogen-bond acceptors (Lipinski definition) is 1. The van der Waals surface area contributed by atoms with E-state index in [1.807, 2.05) is 0 Å². The number of rotatable bonds is 2. The molecule has 1 heteroatoms. The lowest BCUT2D eigenvalue weighted by atomic mass is 9.76. The van der Waals surface area contributed by atoms with Gasteiger partial charge in [-0.3, -0.25) is 0 Å². The summed E-state index contributed by atoms with van der Waals surface area (Å²) in [5, 5.41) is 10.0. The number of aryl methyl sites for hydroxylation is 2. The third-order valence-corrected chi connectivity index (χ3v) is 3.39. The van der Waals surface area contributed by atoms with Crippen molar-refractivity contribution < 1.29 is 5.11 Å². The van der Waals surface area contributed by atoms with Crippen molar-refractivity contribution >= 4 is 0 Å². The molecule has 0 saturated heterocycles. The van der Waals surface area contributed by atoms with Gasteiger partial charge in [-0.15, -0.1) is 0 Å². The molecule has 0 bridgehead atoms. The van der Waals surface area contributed by atoms with Crippen LogP contribution in [-0.4, -0.2) is 10.7 Å². The summed E-state index contributed by atoms with van der Waals surface area (Å²) >= 11 is 0. The quantitative estimate of drug-likeness (QED) is 0.760. The molecule has 0 heterocycles. The second-order valence-corrected chi connectivity index (χ2v) is 4.67. The zero-order valence-corrected chi connectivity index (χ0v) is 9.01. The van der Waals surface area contributed by atoms with E-state index in [-0.39, 0.29) is 5.60 Å². The molecule has 1 N–H and O–H groups in total. The lowest BCUT2D eigenvalue weighted by Gasteiger charge is -2.36. The minimum absolute atomic E-state index is 0.387. The van der Waals surface area contributed by atoms with Crippen molar-refractivity contribution in [3.63, 3.8) is 0 Å². The van der Waals surface area contributed by atoms with Crippen LogP contribution >= 0.6 is 0 Å². The first-order valence-corrected chi connectivity index (χ1v) is 5.38. The fourth-order valence-corrected chi connectivity index (χ4v) is 2.06. The second kappa shape index (κ2) is 3.39. The Morgan fingerprint density at radius 2 is 1.93 bits per heavy atom. The molecule has 2 rings (SSSR count). The first-order valence-electron chi connectivity index (χ1n) is 5.38. The van der Waals surface area contributed by atoms with Gasteiger partial charge in [0.05, 0.1) is 5.60 Å². The fourth-order valence-electron chi connectivity index (χ4n) is 2.06. The molecular formula is C13H18O. The van der Waals surface area contributed by atoms with E-state index in [1.165, 1.54) is 23.1 Å². The summed E-state index contributed by atoms with van der Waals surface area (Å²) in [6.45, 7) is 4.25. The Morgan fingerprint density at radius 3 is 2.43 bits per heavy atom. The van der Waals surface area contributed by atoms with Crippen molar-refractivity contribution in [3.8, 4) is 0 Å². The SMILES string of the molecule is Cc1ccc(CC2(O)CCC2)cc1C. The molecule has 14 heavy (non-hydrogen) atoms. The predicted molar refractivity (Wildman–Crippen MR) is 58.4 cm³/mol. The molecule has 0 radical (unpaired) electrons. The molecule has 1 fully saturated rings. The van der Waals surface area contributed by atoms with Crippen LogP contribution in [0.3, 0.4) is 0 Å². The summed E-state index contributed by atoms with van der Waals surface area (Å²) in [7, 11) is 0. The summed E-state index contributed by atoms with van der Waals surface area (Å²) in [6, 6.07) is 6.48. The van der Waals surface area contributed by atoms with Crippen LogP contribution in [-0.2, 0) is 6.42 Å². The number of hydrogen-bond donors (Lipinski definition) is 1. The molecule has 0 unspecified atom stereocenters. The molecule has 1 saturated carbocycles. The summed E-state index contributed by atoms with van der Waals surface area (Å²) < 4.78 is 0. The topological polar surface area (TPSA) is 20.2 Å². The maximum atomic E-state index is 10.0. The second-order valence-electron chi connectivity index (χ2n) is 4.67. The van der Waals surface area contributed by atoms with Gasteiger partial charge in [0.15, 0.2) is 0 Å². The van der Waals surface area contributed by atoms with E-state index < -0.39 is 0 Å². The lowest BCUT2D eigenvalue weighted by Crippen LogP contribution is -2.38. The van der Waals surface area contributed by atoms with E-state index >= 15 is 0 Å². The summed E-state index contributed by atoms with van der Waals surface area (Å²) in [5.41, 5.74) is 3.54. The van der Waals surface area contributed by atoms with E-state index in [0.717, 1.165) is 19.3 Å². The van der Waals surface area contributed by atoms with Crippen LogP contribution in [0.1, 0.15) is 36.0 Å². The van der Waals surface area contributed by atoms with E-state index in [2.05, 4.69) is 32.0 Å². The molecule has 1 aliphatic rings. The zero-order valence-electron chi connectivity index (χ0n) is 9.01. The standard InChI is InChI=1S/C13H18O/c1-10-4-5-12(8-11(10)2)9-13(14)6-3-7-13/h4-5,8,14H,3,6-7,9H2,1-2H3. The van der Waals surface area contributed by atoms with Gasteiger partial charge >= 0.3 is 0 Å². The van der Waals surface area contributed by atoms with Crippen molar-refractivity contribution in [2.24, 2.45) is 0 Å². The Morgan fingerprint density at radius 1 is 1.21 bits per heavy atom. The normalized spacial score (nSPS) is 19.1. The van der Waals surface area contributed by atoms with E-state index in [1.54, 1.807) is 0 Å². The van der Waals surface area contributed by atoms with Crippen molar-refractivity contribution in [2.75, 3.05) is 0 Å². The third-order valence-electron chi connectivity index (χ3n) is 3.39. The Labute approximate surface area is 85.8 Å². The van der Waals surface area contributed by atoms with E-state index in [0.29, 0.717) is 0 Å². The Kier molecular flexibility index (Phi) is 2.36. The van der Waals surface area contributed by atoms with Crippen LogP contribution in [0.25, 0.3) is 0 Å². The van der Waals surface area contributed by atoms with Gasteiger partial charge in [0.25, 0.3) is 0 Å². The van der Waals surface area contributed by atoms with E-state index in [9.17, 15) is 5.11 Å². The predicted octanol–water partition coefficient (Wildman–Crippen LogP) is 2.76. The highest BCUT2D eigenvalue weighted by Crippen LogP contribution is 2.34. The van der Waals surface area contributed by atoms with Gasteiger partial charge in [0, 0.05) is 6.42 Å². The molecule has 76 valence electrons. The highest BCUT2D eigenvalue weighted by molar-refractivity contribution is 5.31. The third kappa shape index (κ3) is 1.83. The average Bonchev–Trinajstić information content (AvgIpc) is 2.09. The molecule has 0 amide bonds. The van der Waals surface area contributed by atoms with Crippen LogP contribution in [0.4, 0.5) is 0 Å². The highest BCUT2D eigenvalue weighted by atomic mass is 16.3. The van der Waals surface area contributed by atoms with Crippen LogP contribution in [0.15, 0.2) is 18.2 Å². The minimum atomic E-state index is -0.387. The van der Waals surface area contributed by atoms with Crippen LogP contribution in [0.5, 0.6) is 0 Å². The highest BCUT2D eigenvalue weighted by Gasteiger charge is 2.34. The van der Waals surface area contributed by atoms with Gasteiger partial charge in [0.1, 0.15) is 0 Å². The summed E-state index contributed by atoms with van der Waals surface area (Å²) in [6.07, 6.45) is 3.95. The van der Waals surface area contributed by atoms with Gasteiger partial charge in [-0.1, -0.05) is 18.2 Å². The van der Waals surface area contributed by atoms with Crippen molar-refractivity contribution in [2.45, 2.75) is 45.1 Å². The van der Waals surface area contributed by atoms with Crippen molar-refractivity contribution in [3.05, 3.63) is 34.9 Å². The van der Waals surface area contributed by atoms with Gasteiger partial charge < -0.3 is 5.11 Å². The molecular weight excluding hydrogens is 172 g/mol. The molecule has 0 aromatic heterocycles. The molecule has 1 aromatic rings. The Bertz CT molecular complexity index is 337. The first-order chi connectivity index (χ1) is 6.59. The smallest absolute Gasteiger partial charge is 0.0688 e. The molecule has 1 aliphatic carbocycles. The summed E-state index contributed by atoms with van der Waals surface area (Å²) in [5.74, 6) is 0. The first kappa shape index (κ1) is 9.72. The van der Waals surface area contributed by atoms with Gasteiger partial charge in [-0.05, 0) is 49.8 Å². The van der Waals surface area contributed by atoms with Gasteiger partial charge in [-0.25, -0.2) is 0 Å². The van der Waals surface area contributed by atoms with Gasteiger partial charge in [-0.2, -0.15) is 0 Å². The van der Waals surface area contributed by atoms with Crippen LogP contribution in [0, 0.1) is 13.8 Å². The monoisotopic (exact) mass is 190 g/mol. The Hall–Kier alpha value is -0.820. The summed E-state index contributed by atoms with van der Waals surface area (Å²) in [4.78, 5) is 0. The number of benzene rings is 1. The average molecular weight is 190 g/mol. The lowest BCUT2D eigenvalue weighted by molar-refractivity contribution is -0.0323. The van der Waals surface area contributed by atoms with Crippen LogP contribution < -0.4 is 0 Å². The maximum Gasteiger partial charge on any atom is 0.0688 e. The Balaban J connectivity index is 2.13. The van der Waals surface area contributed by atoms with E-state index in [4.69, 9.17) is 0 Å². The van der Waals surface area contributed by atoms with Crippen LogP contribution in [0.2, 0.25) is 0 Å². The molecule has 1 aromatic carbocycles. The van der Waals surface area contributed by atoms with Crippen molar-refractivity contribution in [1.82, 2.24) is 0 Å². The molecule has 0 aliphatic heterocycles. The van der Waals surface area contributed by atoms with Crippen molar-refractivity contribution in [1.29, 1.82) is 0 Å². The van der Waals surface area contributed by atoms with Gasteiger partial charge in [0.2, 0.25) is 0 Å². The minimum Gasteiger partial charge on any atom is -0.390 e. The maximum absolute atomic E-state index is 10.0. The fraction of sp³-hybridized carbons (Fsp3) is 0.538. The molecule has 0 atom stereocenters. The molecule has 1 nitrogen and oxygen atoms in total. The number of aliphatic hydroxyl groups is 1. The zero-order chi connectivity index (χ0) is 10.2.